The number of nitrogens with zero attached hydrogens (tertiary/aromatic N) is 2. The average Bonchev–Trinajstić information content (AvgIpc) is 2.43. The van der Waals surface area contributed by atoms with Gasteiger partial charge in [-0.05, 0) is 18.1 Å². The Morgan fingerprint density at radius 1 is 1.44 bits per heavy atom. The minimum absolute atomic E-state index is 0.628. The summed E-state index contributed by atoms with van der Waals surface area (Å²) in [6.45, 7) is 3.81. The van der Waals surface area contributed by atoms with E-state index in [1.54, 1.807) is 20.4 Å². The molecule has 2 N–H and O–H groups in total. The number of aliphatic imine (C=N–C) groups is 1. The summed E-state index contributed by atoms with van der Waals surface area (Å²) in [6.07, 6.45) is 4.05. The Bertz CT molecular complexity index is 379. The minimum atomic E-state index is 0.628. The highest BCUT2D eigenvalue weighted by Crippen LogP contribution is 2.07. The molecule has 1 aromatic rings. The lowest BCUT2D eigenvalue weighted by Crippen LogP contribution is -2.37. The van der Waals surface area contributed by atoms with Gasteiger partial charge in [0.05, 0.1) is 7.11 Å². The van der Waals surface area contributed by atoms with Crippen LogP contribution < -0.4 is 15.4 Å². The van der Waals surface area contributed by atoms with E-state index in [1.807, 2.05) is 12.1 Å². The lowest BCUT2D eigenvalue weighted by atomic mass is 10.2. The van der Waals surface area contributed by atoms with Crippen LogP contribution in [0.1, 0.15) is 25.3 Å². The third-order valence-electron chi connectivity index (χ3n) is 2.51. The van der Waals surface area contributed by atoms with Gasteiger partial charge in [0.1, 0.15) is 0 Å². The van der Waals surface area contributed by atoms with E-state index in [0.717, 1.165) is 24.5 Å². The van der Waals surface area contributed by atoms with Crippen LogP contribution in [-0.2, 0) is 6.54 Å². The molecule has 0 spiro atoms. The van der Waals surface area contributed by atoms with E-state index < -0.39 is 0 Å². The van der Waals surface area contributed by atoms with Gasteiger partial charge in [0.15, 0.2) is 5.96 Å². The number of pyridine rings is 1. The second-order valence-electron chi connectivity index (χ2n) is 3.91. The number of aromatic nitrogens is 1. The van der Waals surface area contributed by atoms with Gasteiger partial charge in [0.2, 0.25) is 5.88 Å². The van der Waals surface area contributed by atoms with Crippen molar-refractivity contribution in [1.29, 1.82) is 0 Å². The van der Waals surface area contributed by atoms with Gasteiger partial charge in [-0.3, -0.25) is 4.99 Å². The number of hydrogen-bond acceptors (Lipinski definition) is 3. The third-order valence-corrected chi connectivity index (χ3v) is 2.51. The van der Waals surface area contributed by atoms with Crippen molar-refractivity contribution in [2.24, 2.45) is 4.99 Å². The number of hydrogen-bond donors (Lipinski definition) is 2. The molecule has 0 fully saturated rings. The molecule has 0 radical (unpaired) electrons. The van der Waals surface area contributed by atoms with Crippen molar-refractivity contribution in [2.75, 3.05) is 20.7 Å². The summed E-state index contributed by atoms with van der Waals surface area (Å²) in [5.74, 6) is 1.45. The van der Waals surface area contributed by atoms with Crippen LogP contribution in [0, 0.1) is 0 Å². The molecule has 0 aliphatic carbocycles. The number of methoxy groups -OCH3 is 1. The Morgan fingerprint density at radius 3 is 2.94 bits per heavy atom. The molecule has 0 amide bonds. The maximum Gasteiger partial charge on any atom is 0.213 e. The van der Waals surface area contributed by atoms with E-state index in [1.165, 1.54) is 6.42 Å². The first-order valence-corrected chi connectivity index (χ1v) is 6.23. The van der Waals surface area contributed by atoms with Crippen molar-refractivity contribution in [3.05, 3.63) is 23.9 Å². The molecule has 5 nitrogen and oxygen atoms in total. The van der Waals surface area contributed by atoms with Crippen LogP contribution in [0.2, 0.25) is 0 Å². The zero-order valence-electron chi connectivity index (χ0n) is 11.4. The predicted molar refractivity (Wildman–Crippen MR) is 73.9 cm³/mol. The largest absolute Gasteiger partial charge is 0.481 e. The molecule has 0 aromatic carbocycles. The standard InChI is InChI=1S/C13H22N4O/c1-4-5-7-16-13(14-2)17-10-11-6-8-15-12(9-11)18-3/h6,8-9H,4-5,7,10H2,1-3H3,(H2,14,16,17). The fourth-order valence-corrected chi connectivity index (χ4v) is 1.46. The molecule has 0 aliphatic rings. The normalized spacial score (nSPS) is 11.2. The molecule has 0 bridgehead atoms. The topological polar surface area (TPSA) is 58.5 Å². The highest BCUT2D eigenvalue weighted by molar-refractivity contribution is 5.79. The quantitative estimate of drug-likeness (QED) is 0.457. The number of rotatable bonds is 6. The van der Waals surface area contributed by atoms with Gasteiger partial charge < -0.3 is 15.4 Å². The zero-order valence-corrected chi connectivity index (χ0v) is 11.4. The maximum atomic E-state index is 5.08. The van der Waals surface area contributed by atoms with E-state index in [0.29, 0.717) is 12.4 Å². The van der Waals surface area contributed by atoms with Gasteiger partial charge in [0, 0.05) is 32.4 Å². The van der Waals surface area contributed by atoms with E-state index >= 15 is 0 Å². The molecule has 0 aliphatic heterocycles. The summed E-state index contributed by atoms with van der Waals surface area (Å²) in [6, 6.07) is 3.86. The average molecular weight is 250 g/mol. The first-order valence-electron chi connectivity index (χ1n) is 6.23. The zero-order chi connectivity index (χ0) is 13.2. The summed E-state index contributed by atoms with van der Waals surface area (Å²) in [7, 11) is 3.39. The van der Waals surface area contributed by atoms with Crippen LogP contribution >= 0.6 is 0 Å². The molecule has 0 saturated carbocycles. The molecule has 0 unspecified atom stereocenters. The van der Waals surface area contributed by atoms with Crippen molar-refractivity contribution in [1.82, 2.24) is 15.6 Å². The van der Waals surface area contributed by atoms with Crippen molar-refractivity contribution in [3.63, 3.8) is 0 Å². The molecule has 0 saturated heterocycles. The van der Waals surface area contributed by atoms with E-state index in [2.05, 4.69) is 27.5 Å². The fourth-order valence-electron chi connectivity index (χ4n) is 1.46. The van der Waals surface area contributed by atoms with Crippen LogP contribution in [0.4, 0.5) is 0 Å². The second kappa shape index (κ2) is 8.33. The van der Waals surface area contributed by atoms with Crippen molar-refractivity contribution < 1.29 is 4.74 Å². The second-order valence-corrected chi connectivity index (χ2v) is 3.91. The highest BCUT2D eigenvalue weighted by Gasteiger charge is 1.99. The SMILES string of the molecule is CCCCNC(=NC)NCc1ccnc(OC)c1. The number of ether oxygens (including phenoxy) is 1. The molecule has 1 aromatic heterocycles. The van der Waals surface area contributed by atoms with E-state index in [4.69, 9.17) is 4.74 Å². The first-order chi connectivity index (χ1) is 8.80. The smallest absolute Gasteiger partial charge is 0.213 e. The predicted octanol–water partition coefficient (Wildman–Crippen LogP) is 1.56. The summed E-state index contributed by atoms with van der Waals surface area (Å²) in [4.78, 5) is 8.24. The molecular formula is C13H22N4O. The van der Waals surface area contributed by atoms with Crippen LogP contribution in [0.3, 0.4) is 0 Å². The molecule has 1 heterocycles. The van der Waals surface area contributed by atoms with Crippen molar-refractivity contribution in [2.45, 2.75) is 26.3 Å². The Hall–Kier alpha value is -1.78. The number of guanidine groups is 1. The number of unbranched alkanes of at least 4 members (excludes halogenated alkanes) is 1. The molecule has 0 atom stereocenters. The van der Waals surface area contributed by atoms with Crippen molar-refractivity contribution >= 4 is 5.96 Å². The van der Waals surface area contributed by atoms with Gasteiger partial charge in [0.25, 0.3) is 0 Å². The molecular weight excluding hydrogens is 228 g/mol. The summed E-state index contributed by atoms with van der Waals surface area (Å²) in [5, 5.41) is 6.51. The summed E-state index contributed by atoms with van der Waals surface area (Å²) >= 11 is 0. The minimum Gasteiger partial charge on any atom is -0.481 e. The van der Waals surface area contributed by atoms with Gasteiger partial charge in [-0.1, -0.05) is 13.3 Å². The van der Waals surface area contributed by atoms with E-state index in [-0.39, 0.29) is 0 Å². The summed E-state index contributed by atoms with van der Waals surface area (Å²) < 4.78 is 5.08. The lowest BCUT2D eigenvalue weighted by Gasteiger charge is -2.11. The Labute approximate surface area is 109 Å². The van der Waals surface area contributed by atoms with Gasteiger partial charge in [-0.25, -0.2) is 4.98 Å². The van der Waals surface area contributed by atoms with Crippen LogP contribution in [0.5, 0.6) is 5.88 Å². The van der Waals surface area contributed by atoms with Gasteiger partial charge >= 0.3 is 0 Å². The highest BCUT2D eigenvalue weighted by atomic mass is 16.5. The van der Waals surface area contributed by atoms with Crippen LogP contribution in [0.25, 0.3) is 0 Å². The van der Waals surface area contributed by atoms with Gasteiger partial charge in [-0.15, -0.1) is 0 Å². The van der Waals surface area contributed by atoms with E-state index in [9.17, 15) is 0 Å². The van der Waals surface area contributed by atoms with Gasteiger partial charge in [-0.2, -0.15) is 0 Å². The Kier molecular flexibility index (Phi) is 6.61. The Balaban J connectivity index is 2.42. The van der Waals surface area contributed by atoms with Crippen LogP contribution in [-0.4, -0.2) is 31.6 Å². The third kappa shape index (κ3) is 5.03. The number of nitrogens with one attached hydrogen (secondary N) is 2. The maximum absolute atomic E-state index is 5.08. The molecule has 1 rings (SSSR count). The lowest BCUT2D eigenvalue weighted by molar-refractivity contribution is 0.397. The monoisotopic (exact) mass is 250 g/mol. The molecule has 5 heteroatoms. The van der Waals surface area contributed by atoms with Crippen LogP contribution in [0.15, 0.2) is 23.3 Å². The fraction of sp³-hybridized carbons (Fsp3) is 0.538. The first kappa shape index (κ1) is 14.3. The van der Waals surface area contributed by atoms with Crippen molar-refractivity contribution in [3.8, 4) is 5.88 Å². The summed E-state index contributed by atoms with van der Waals surface area (Å²) in [5.41, 5.74) is 1.11. The molecule has 100 valence electrons. The Morgan fingerprint density at radius 2 is 2.28 bits per heavy atom. The molecule has 18 heavy (non-hydrogen) atoms.